The minimum absolute atomic E-state index is 0.0274. The molecule has 0 unspecified atom stereocenters. The fraction of sp³-hybridized carbons (Fsp3) is 0.562. The lowest BCUT2D eigenvalue weighted by Crippen LogP contribution is -2.49. The highest BCUT2D eigenvalue weighted by Crippen LogP contribution is 2.14. The van der Waals surface area contributed by atoms with Crippen molar-refractivity contribution in [3.8, 4) is 0 Å². The molecule has 4 nitrogen and oxygen atoms in total. The van der Waals surface area contributed by atoms with Gasteiger partial charge in [0.05, 0.1) is 6.54 Å². The van der Waals surface area contributed by atoms with Crippen LogP contribution in [0.2, 0.25) is 0 Å². The molecule has 0 aromatic heterocycles. The molecule has 1 fully saturated rings. The molecule has 0 atom stereocenters. The van der Waals surface area contributed by atoms with Gasteiger partial charge >= 0.3 is 0 Å². The molecule has 1 heterocycles. The SMILES string of the molecule is CC(C)NC(=O)CN1CCN(Cc2cccc(F)c2F)CC1. The second-order valence-corrected chi connectivity index (χ2v) is 5.99. The number of carbonyl (C=O) groups excluding carboxylic acids is 1. The largest absolute Gasteiger partial charge is 0.353 e. The Kier molecular flexibility index (Phi) is 5.85. The monoisotopic (exact) mass is 311 g/mol. The van der Waals surface area contributed by atoms with Gasteiger partial charge in [-0.05, 0) is 19.9 Å². The van der Waals surface area contributed by atoms with E-state index in [-0.39, 0.29) is 11.9 Å². The van der Waals surface area contributed by atoms with Crippen LogP contribution >= 0.6 is 0 Å². The highest BCUT2D eigenvalue weighted by atomic mass is 19.2. The number of hydrogen-bond donors (Lipinski definition) is 1. The first-order valence-corrected chi connectivity index (χ1v) is 7.62. The smallest absolute Gasteiger partial charge is 0.234 e. The maximum atomic E-state index is 13.7. The van der Waals surface area contributed by atoms with Gasteiger partial charge in [0.2, 0.25) is 5.91 Å². The van der Waals surface area contributed by atoms with E-state index in [4.69, 9.17) is 0 Å². The third-order valence-corrected chi connectivity index (χ3v) is 3.71. The van der Waals surface area contributed by atoms with Crippen molar-refractivity contribution >= 4 is 5.91 Å². The van der Waals surface area contributed by atoms with Crippen LogP contribution in [0.25, 0.3) is 0 Å². The van der Waals surface area contributed by atoms with E-state index in [1.165, 1.54) is 6.07 Å². The highest BCUT2D eigenvalue weighted by Gasteiger charge is 2.20. The molecule has 1 N–H and O–H groups in total. The van der Waals surface area contributed by atoms with Gasteiger partial charge in [-0.25, -0.2) is 8.78 Å². The second kappa shape index (κ2) is 7.65. The Balaban J connectivity index is 1.80. The van der Waals surface area contributed by atoms with Gasteiger partial charge in [0.25, 0.3) is 0 Å². The molecule has 0 bridgehead atoms. The fourth-order valence-corrected chi connectivity index (χ4v) is 2.59. The van der Waals surface area contributed by atoms with Crippen molar-refractivity contribution in [1.82, 2.24) is 15.1 Å². The molecule has 0 aliphatic carbocycles. The first-order chi connectivity index (χ1) is 10.5. The molecule has 22 heavy (non-hydrogen) atoms. The van der Waals surface area contributed by atoms with Crippen LogP contribution in [0.3, 0.4) is 0 Å². The molecule has 1 aromatic rings. The van der Waals surface area contributed by atoms with Gasteiger partial charge in [-0.3, -0.25) is 14.6 Å². The Morgan fingerprint density at radius 1 is 1.18 bits per heavy atom. The molecular formula is C16H23F2N3O. The van der Waals surface area contributed by atoms with E-state index < -0.39 is 11.6 Å². The number of carbonyl (C=O) groups is 1. The van der Waals surface area contributed by atoms with E-state index in [2.05, 4.69) is 15.1 Å². The van der Waals surface area contributed by atoms with Crippen molar-refractivity contribution in [3.05, 3.63) is 35.4 Å². The predicted molar refractivity (Wildman–Crippen MR) is 81.4 cm³/mol. The molecule has 0 radical (unpaired) electrons. The van der Waals surface area contributed by atoms with E-state index in [1.807, 2.05) is 13.8 Å². The molecule has 1 aromatic carbocycles. The van der Waals surface area contributed by atoms with Crippen molar-refractivity contribution in [2.24, 2.45) is 0 Å². The van der Waals surface area contributed by atoms with Crippen LogP contribution < -0.4 is 5.32 Å². The topological polar surface area (TPSA) is 35.6 Å². The minimum atomic E-state index is -0.804. The molecule has 2 rings (SSSR count). The maximum absolute atomic E-state index is 13.7. The van der Waals surface area contributed by atoms with Crippen LogP contribution in [-0.4, -0.2) is 54.5 Å². The summed E-state index contributed by atoms with van der Waals surface area (Å²) in [5, 5.41) is 2.87. The normalized spacial score (nSPS) is 17.0. The molecule has 1 aliphatic heterocycles. The summed E-state index contributed by atoms with van der Waals surface area (Å²) in [6.45, 7) is 7.64. The summed E-state index contributed by atoms with van der Waals surface area (Å²) >= 11 is 0. The van der Waals surface area contributed by atoms with Crippen molar-refractivity contribution < 1.29 is 13.6 Å². The van der Waals surface area contributed by atoms with Crippen molar-refractivity contribution in [2.45, 2.75) is 26.4 Å². The average molecular weight is 311 g/mol. The van der Waals surface area contributed by atoms with Gasteiger partial charge in [-0.15, -0.1) is 0 Å². The Morgan fingerprint density at radius 3 is 2.45 bits per heavy atom. The predicted octanol–water partition coefficient (Wildman–Crippen LogP) is 1.61. The van der Waals surface area contributed by atoms with Crippen molar-refractivity contribution in [3.63, 3.8) is 0 Å². The van der Waals surface area contributed by atoms with Gasteiger partial charge in [0.1, 0.15) is 0 Å². The standard InChI is InChI=1S/C16H23F2N3O/c1-12(2)19-15(22)11-21-8-6-20(7-9-21)10-13-4-3-5-14(17)16(13)18/h3-5,12H,6-11H2,1-2H3,(H,19,22). The third kappa shape index (κ3) is 4.74. The Labute approximate surface area is 130 Å². The van der Waals surface area contributed by atoms with Crippen LogP contribution in [0.15, 0.2) is 18.2 Å². The molecule has 1 amide bonds. The number of rotatable bonds is 5. The quantitative estimate of drug-likeness (QED) is 0.897. The lowest BCUT2D eigenvalue weighted by molar-refractivity contribution is -0.123. The minimum Gasteiger partial charge on any atom is -0.353 e. The van der Waals surface area contributed by atoms with Crippen molar-refractivity contribution in [1.29, 1.82) is 0 Å². The maximum Gasteiger partial charge on any atom is 0.234 e. The summed E-state index contributed by atoms with van der Waals surface area (Å²) < 4.78 is 26.9. The number of halogens is 2. The van der Waals surface area contributed by atoms with Crippen molar-refractivity contribution in [2.75, 3.05) is 32.7 Å². The van der Waals surface area contributed by atoms with E-state index in [0.717, 1.165) is 32.2 Å². The van der Waals surface area contributed by atoms with Gasteiger partial charge in [-0.1, -0.05) is 12.1 Å². The zero-order valence-corrected chi connectivity index (χ0v) is 13.1. The first kappa shape index (κ1) is 16.8. The molecule has 6 heteroatoms. The van der Waals surface area contributed by atoms with E-state index in [0.29, 0.717) is 18.7 Å². The van der Waals surface area contributed by atoms with Gasteiger partial charge in [-0.2, -0.15) is 0 Å². The highest BCUT2D eigenvalue weighted by molar-refractivity contribution is 5.78. The van der Waals surface area contributed by atoms with Crippen LogP contribution in [-0.2, 0) is 11.3 Å². The molecule has 0 spiro atoms. The lowest BCUT2D eigenvalue weighted by atomic mass is 10.1. The molecule has 122 valence electrons. The Bertz CT molecular complexity index is 514. The molecule has 0 saturated carbocycles. The third-order valence-electron chi connectivity index (χ3n) is 3.71. The van der Waals surface area contributed by atoms with Crippen LogP contribution in [0.1, 0.15) is 19.4 Å². The van der Waals surface area contributed by atoms with Crippen LogP contribution in [0.5, 0.6) is 0 Å². The van der Waals surface area contributed by atoms with E-state index in [9.17, 15) is 13.6 Å². The number of nitrogens with zero attached hydrogens (tertiary/aromatic N) is 2. The fourth-order valence-electron chi connectivity index (χ4n) is 2.59. The number of benzene rings is 1. The first-order valence-electron chi connectivity index (χ1n) is 7.62. The summed E-state index contributed by atoms with van der Waals surface area (Å²) in [5.41, 5.74) is 0.381. The summed E-state index contributed by atoms with van der Waals surface area (Å²) in [7, 11) is 0. The average Bonchev–Trinajstić information content (AvgIpc) is 2.45. The second-order valence-electron chi connectivity index (χ2n) is 5.99. The molecule has 1 aliphatic rings. The Hall–Kier alpha value is -1.53. The zero-order valence-electron chi connectivity index (χ0n) is 13.1. The zero-order chi connectivity index (χ0) is 16.1. The number of piperazine rings is 1. The summed E-state index contributed by atoms with van der Waals surface area (Å²) in [6.07, 6.45) is 0. The van der Waals surface area contributed by atoms with E-state index >= 15 is 0 Å². The van der Waals surface area contributed by atoms with Gasteiger partial charge < -0.3 is 5.32 Å². The number of nitrogens with one attached hydrogen (secondary N) is 1. The Morgan fingerprint density at radius 2 is 1.82 bits per heavy atom. The molecule has 1 saturated heterocycles. The summed E-state index contributed by atoms with van der Waals surface area (Å²) in [6, 6.07) is 4.41. The lowest BCUT2D eigenvalue weighted by Gasteiger charge is -2.34. The van der Waals surface area contributed by atoms with Crippen LogP contribution in [0.4, 0.5) is 8.78 Å². The number of amides is 1. The van der Waals surface area contributed by atoms with E-state index in [1.54, 1.807) is 6.07 Å². The number of hydrogen-bond acceptors (Lipinski definition) is 3. The van der Waals surface area contributed by atoms with Crippen LogP contribution in [0, 0.1) is 11.6 Å². The van der Waals surface area contributed by atoms with Gasteiger partial charge in [0.15, 0.2) is 11.6 Å². The van der Waals surface area contributed by atoms with Gasteiger partial charge in [0, 0.05) is 44.3 Å². The summed E-state index contributed by atoms with van der Waals surface area (Å²) in [4.78, 5) is 15.9. The molecular weight excluding hydrogens is 288 g/mol. The summed E-state index contributed by atoms with van der Waals surface area (Å²) in [5.74, 6) is -1.54.